The molecule has 0 unspecified atom stereocenters. The van der Waals surface area contributed by atoms with Crippen LogP contribution in [0.25, 0.3) is 0 Å². The summed E-state index contributed by atoms with van der Waals surface area (Å²) in [5.74, 6) is -0.424. The number of hydrogen-bond acceptors (Lipinski definition) is 7. The Labute approximate surface area is 214 Å². The predicted molar refractivity (Wildman–Crippen MR) is 144 cm³/mol. The Hall–Kier alpha value is -3.29. The molecule has 35 heavy (non-hydrogen) atoms. The molecule has 5 rings (SSSR count). The summed E-state index contributed by atoms with van der Waals surface area (Å²) in [4.78, 5) is 12.0. The standard InChI is InChI=1S/C27H25ClN4O2S/c1-3-34-26(33)25-30-32(23-15-9-19(2)10-16-23)27(35-25)18-17-24(20-11-13-21(28)14-12-20)29-31(27)22-7-5-4-6-8-22/h4-16H,3,17-18H2,1-2H3/t27-/m0/s1. The lowest BCUT2D eigenvalue weighted by molar-refractivity contribution is -0.134. The molecule has 3 aromatic carbocycles. The van der Waals surface area contributed by atoms with Crippen LogP contribution in [0.3, 0.4) is 0 Å². The van der Waals surface area contributed by atoms with Crippen LogP contribution in [0, 0.1) is 6.92 Å². The third-order valence-electron chi connectivity index (χ3n) is 5.93. The molecule has 0 N–H and O–H groups in total. The maximum atomic E-state index is 12.8. The number of aryl methyl sites for hydroxylation is 1. The van der Waals surface area contributed by atoms with Gasteiger partial charge in [0.2, 0.25) is 10.0 Å². The molecule has 0 saturated heterocycles. The van der Waals surface area contributed by atoms with Crippen molar-refractivity contribution in [3.63, 3.8) is 0 Å². The van der Waals surface area contributed by atoms with Crippen LogP contribution in [0.5, 0.6) is 0 Å². The quantitative estimate of drug-likeness (QED) is 0.374. The first kappa shape index (κ1) is 23.5. The zero-order chi connectivity index (χ0) is 24.4. The summed E-state index contributed by atoms with van der Waals surface area (Å²) in [5.41, 5.74) is 4.90. The molecular weight excluding hydrogens is 480 g/mol. The van der Waals surface area contributed by atoms with Gasteiger partial charge in [-0.15, -0.1) is 0 Å². The fraction of sp³-hybridized carbons (Fsp3) is 0.222. The summed E-state index contributed by atoms with van der Waals surface area (Å²) in [6.45, 7) is 4.13. The molecule has 2 heterocycles. The maximum Gasteiger partial charge on any atom is 0.365 e. The molecule has 0 bridgehead atoms. The normalized spacial score (nSPS) is 19.5. The molecular formula is C27H25ClN4O2S. The van der Waals surface area contributed by atoms with Crippen LogP contribution in [0.1, 0.15) is 30.9 Å². The number of para-hydroxylation sites is 1. The van der Waals surface area contributed by atoms with Gasteiger partial charge < -0.3 is 4.74 Å². The number of hydrogen-bond donors (Lipinski definition) is 0. The van der Waals surface area contributed by atoms with E-state index in [0.717, 1.165) is 28.2 Å². The Morgan fingerprint density at radius 3 is 2.31 bits per heavy atom. The summed E-state index contributed by atoms with van der Waals surface area (Å²) < 4.78 is 5.32. The lowest BCUT2D eigenvalue weighted by atomic mass is 10.0. The van der Waals surface area contributed by atoms with Gasteiger partial charge in [-0.1, -0.05) is 59.6 Å². The van der Waals surface area contributed by atoms with Crippen molar-refractivity contribution >= 4 is 51.5 Å². The van der Waals surface area contributed by atoms with Crippen molar-refractivity contribution in [1.82, 2.24) is 0 Å². The number of anilines is 2. The minimum absolute atomic E-state index is 0.289. The summed E-state index contributed by atoms with van der Waals surface area (Å²) in [6.07, 6.45) is 1.38. The molecule has 1 atom stereocenters. The third kappa shape index (κ3) is 4.54. The maximum absolute atomic E-state index is 12.8. The van der Waals surface area contributed by atoms with E-state index in [-0.39, 0.29) is 6.61 Å². The zero-order valence-corrected chi connectivity index (χ0v) is 21.1. The summed E-state index contributed by atoms with van der Waals surface area (Å²) in [5, 5.41) is 14.8. The van der Waals surface area contributed by atoms with E-state index in [4.69, 9.17) is 26.5 Å². The molecule has 0 fully saturated rings. The molecule has 0 aliphatic carbocycles. The molecule has 3 aromatic rings. The SMILES string of the molecule is CCOC(=O)C1=NN(c2ccc(C)cc2)[C@@]2(CCC(c3ccc(Cl)cc3)=NN2c2ccccc2)S1. The van der Waals surface area contributed by atoms with E-state index >= 15 is 0 Å². The second-order valence-electron chi connectivity index (χ2n) is 8.32. The van der Waals surface area contributed by atoms with E-state index in [1.165, 1.54) is 11.8 Å². The number of ether oxygens (including phenoxy) is 1. The van der Waals surface area contributed by atoms with Crippen molar-refractivity contribution in [2.45, 2.75) is 31.7 Å². The number of hydrazone groups is 2. The summed E-state index contributed by atoms with van der Waals surface area (Å²) >= 11 is 7.51. The van der Waals surface area contributed by atoms with E-state index in [1.807, 2.05) is 95.8 Å². The molecule has 0 aromatic heterocycles. The fourth-order valence-electron chi connectivity index (χ4n) is 4.21. The smallest absolute Gasteiger partial charge is 0.365 e. The van der Waals surface area contributed by atoms with Crippen LogP contribution < -0.4 is 10.0 Å². The number of carbonyl (C=O) groups is 1. The Balaban J connectivity index is 1.64. The van der Waals surface area contributed by atoms with Gasteiger partial charge in [0.1, 0.15) is 0 Å². The molecule has 0 saturated carbocycles. The number of halogens is 1. The van der Waals surface area contributed by atoms with E-state index in [1.54, 1.807) is 6.92 Å². The number of benzene rings is 3. The van der Waals surface area contributed by atoms with Crippen LogP contribution >= 0.6 is 23.4 Å². The van der Waals surface area contributed by atoms with Crippen molar-refractivity contribution in [2.24, 2.45) is 10.2 Å². The molecule has 0 radical (unpaired) electrons. The number of rotatable bonds is 5. The Bertz CT molecular complexity index is 1280. The Kier molecular flexibility index (Phi) is 6.54. The topological polar surface area (TPSA) is 57.5 Å². The summed E-state index contributed by atoms with van der Waals surface area (Å²) in [7, 11) is 0. The number of thioether (sulfide) groups is 1. The van der Waals surface area contributed by atoms with E-state index < -0.39 is 11.0 Å². The van der Waals surface area contributed by atoms with E-state index in [9.17, 15) is 4.79 Å². The second kappa shape index (κ2) is 9.76. The molecule has 1 spiro atoms. The van der Waals surface area contributed by atoms with Gasteiger partial charge in [0.05, 0.1) is 23.7 Å². The lowest BCUT2D eigenvalue weighted by Crippen LogP contribution is -2.56. The first-order chi connectivity index (χ1) is 17.0. The van der Waals surface area contributed by atoms with Gasteiger partial charge in [0.25, 0.3) is 0 Å². The zero-order valence-electron chi connectivity index (χ0n) is 19.5. The van der Waals surface area contributed by atoms with Crippen LogP contribution in [0.2, 0.25) is 5.02 Å². The van der Waals surface area contributed by atoms with Crippen LogP contribution in [-0.4, -0.2) is 28.3 Å². The monoisotopic (exact) mass is 504 g/mol. The first-order valence-corrected chi connectivity index (χ1v) is 12.7. The Morgan fingerprint density at radius 2 is 1.63 bits per heavy atom. The van der Waals surface area contributed by atoms with Crippen molar-refractivity contribution in [2.75, 3.05) is 16.6 Å². The number of carbonyl (C=O) groups excluding carboxylic acids is 1. The molecule has 2 aliphatic heterocycles. The minimum atomic E-state index is -0.769. The average Bonchev–Trinajstić information content (AvgIpc) is 3.26. The average molecular weight is 505 g/mol. The van der Waals surface area contributed by atoms with Crippen molar-refractivity contribution in [1.29, 1.82) is 0 Å². The van der Waals surface area contributed by atoms with Crippen molar-refractivity contribution in [3.05, 3.63) is 95.0 Å². The van der Waals surface area contributed by atoms with Gasteiger partial charge >= 0.3 is 5.97 Å². The molecule has 6 nitrogen and oxygen atoms in total. The van der Waals surface area contributed by atoms with Crippen LogP contribution in [-0.2, 0) is 9.53 Å². The van der Waals surface area contributed by atoms with Gasteiger partial charge in [-0.25, -0.2) is 14.8 Å². The summed E-state index contributed by atoms with van der Waals surface area (Å²) in [6, 6.07) is 25.9. The highest BCUT2D eigenvalue weighted by Crippen LogP contribution is 2.50. The number of esters is 1. The predicted octanol–water partition coefficient (Wildman–Crippen LogP) is 6.44. The van der Waals surface area contributed by atoms with Crippen molar-refractivity contribution < 1.29 is 9.53 Å². The molecule has 2 aliphatic rings. The van der Waals surface area contributed by atoms with Crippen molar-refractivity contribution in [3.8, 4) is 0 Å². The van der Waals surface area contributed by atoms with Gasteiger partial charge in [-0.2, -0.15) is 10.2 Å². The molecule has 178 valence electrons. The van der Waals surface area contributed by atoms with E-state index in [2.05, 4.69) is 0 Å². The van der Waals surface area contributed by atoms with Crippen LogP contribution in [0.15, 0.2) is 89.1 Å². The lowest BCUT2D eigenvalue weighted by Gasteiger charge is -2.46. The minimum Gasteiger partial charge on any atom is -0.461 e. The highest BCUT2D eigenvalue weighted by Gasteiger charge is 2.53. The van der Waals surface area contributed by atoms with Gasteiger partial charge in [-0.05, 0) is 74.0 Å². The highest BCUT2D eigenvalue weighted by molar-refractivity contribution is 8.17. The van der Waals surface area contributed by atoms with Gasteiger partial charge in [0.15, 0.2) is 0 Å². The van der Waals surface area contributed by atoms with Gasteiger partial charge in [-0.3, -0.25) is 0 Å². The largest absolute Gasteiger partial charge is 0.461 e. The third-order valence-corrected chi connectivity index (χ3v) is 7.50. The second-order valence-corrected chi connectivity index (χ2v) is 10.0. The molecule has 8 heteroatoms. The first-order valence-electron chi connectivity index (χ1n) is 11.5. The van der Waals surface area contributed by atoms with Crippen LogP contribution in [0.4, 0.5) is 11.4 Å². The Morgan fingerprint density at radius 1 is 0.971 bits per heavy atom. The molecule has 0 amide bonds. The fourth-order valence-corrected chi connectivity index (χ4v) is 5.58. The number of nitrogens with zero attached hydrogens (tertiary/aromatic N) is 4. The highest BCUT2D eigenvalue weighted by atomic mass is 35.5. The van der Waals surface area contributed by atoms with E-state index in [0.29, 0.717) is 22.9 Å². The van der Waals surface area contributed by atoms with Gasteiger partial charge in [0, 0.05) is 11.4 Å².